The van der Waals surface area contributed by atoms with Gasteiger partial charge < -0.3 is 4.74 Å². The Morgan fingerprint density at radius 1 is 1.33 bits per heavy atom. The first kappa shape index (κ1) is 13.2. The number of benzene rings is 1. The quantitative estimate of drug-likeness (QED) is 0.855. The van der Waals surface area contributed by atoms with Gasteiger partial charge in [0.25, 0.3) is 0 Å². The van der Waals surface area contributed by atoms with Crippen molar-refractivity contribution in [2.45, 2.75) is 45.1 Å². The molecule has 1 aromatic carbocycles. The number of anilines is 1. The number of carbonyl (C=O) groups is 1. The molecular formula is C14H18ClNO2. The van der Waals surface area contributed by atoms with E-state index in [1.807, 2.05) is 19.1 Å². The van der Waals surface area contributed by atoms with Crippen molar-refractivity contribution in [2.24, 2.45) is 0 Å². The maximum atomic E-state index is 11.7. The van der Waals surface area contributed by atoms with Crippen molar-refractivity contribution in [3.05, 3.63) is 28.8 Å². The van der Waals surface area contributed by atoms with E-state index in [0.29, 0.717) is 10.7 Å². The summed E-state index contributed by atoms with van der Waals surface area (Å²) in [5.74, 6) is 0. The van der Waals surface area contributed by atoms with Crippen LogP contribution in [-0.2, 0) is 4.74 Å². The number of rotatable bonds is 2. The number of aryl methyl sites for hydroxylation is 1. The lowest BCUT2D eigenvalue weighted by Gasteiger charge is -2.21. The van der Waals surface area contributed by atoms with E-state index >= 15 is 0 Å². The summed E-state index contributed by atoms with van der Waals surface area (Å²) in [6.45, 7) is 1.92. The normalized spacial score (nSPS) is 16.3. The largest absolute Gasteiger partial charge is 0.446 e. The molecule has 2 rings (SSSR count). The number of nitrogens with one attached hydrogen (secondary N) is 1. The Hall–Kier alpha value is -1.22. The van der Waals surface area contributed by atoms with Gasteiger partial charge in [-0.05, 0) is 50.3 Å². The van der Waals surface area contributed by atoms with Gasteiger partial charge in [-0.1, -0.05) is 24.1 Å². The van der Waals surface area contributed by atoms with Crippen LogP contribution in [0.2, 0.25) is 5.02 Å². The standard InChI is InChI=1S/C14H18ClNO2/c1-10-7-8-11(9-13(10)15)16-14(17)18-12-5-3-2-4-6-12/h7-9,12H,2-6H2,1H3,(H,16,17). The second-order valence-corrected chi connectivity index (χ2v) is 5.16. The molecule has 1 aromatic rings. The minimum atomic E-state index is -0.387. The third-order valence-corrected chi connectivity index (χ3v) is 3.65. The molecule has 0 radical (unpaired) electrons. The van der Waals surface area contributed by atoms with Crippen molar-refractivity contribution in [2.75, 3.05) is 5.32 Å². The van der Waals surface area contributed by atoms with E-state index in [0.717, 1.165) is 31.2 Å². The SMILES string of the molecule is Cc1ccc(NC(=O)OC2CCCCC2)cc1Cl. The third-order valence-electron chi connectivity index (χ3n) is 3.24. The topological polar surface area (TPSA) is 38.3 Å². The molecule has 0 aliphatic heterocycles. The van der Waals surface area contributed by atoms with Crippen LogP contribution in [0.5, 0.6) is 0 Å². The summed E-state index contributed by atoms with van der Waals surface area (Å²) in [7, 11) is 0. The van der Waals surface area contributed by atoms with Crippen molar-refractivity contribution in [1.29, 1.82) is 0 Å². The van der Waals surface area contributed by atoms with E-state index in [2.05, 4.69) is 5.32 Å². The Labute approximate surface area is 112 Å². The van der Waals surface area contributed by atoms with Crippen LogP contribution < -0.4 is 5.32 Å². The summed E-state index contributed by atoms with van der Waals surface area (Å²) in [6.07, 6.45) is 5.17. The summed E-state index contributed by atoms with van der Waals surface area (Å²) in [4.78, 5) is 11.7. The summed E-state index contributed by atoms with van der Waals surface area (Å²) < 4.78 is 5.37. The summed E-state index contributed by atoms with van der Waals surface area (Å²) in [5.41, 5.74) is 1.66. The van der Waals surface area contributed by atoms with Gasteiger partial charge in [-0.3, -0.25) is 5.32 Å². The van der Waals surface area contributed by atoms with Crippen molar-refractivity contribution >= 4 is 23.4 Å². The predicted octanol–water partition coefficient (Wildman–Crippen LogP) is 4.53. The molecule has 18 heavy (non-hydrogen) atoms. The van der Waals surface area contributed by atoms with E-state index in [4.69, 9.17) is 16.3 Å². The highest BCUT2D eigenvalue weighted by atomic mass is 35.5. The number of halogens is 1. The Morgan fingerprint density at radius 2 is 2.06 bits per heavy atom. The molecular weight excluding hydrogens is 250 g/mol. The van der Waals surface area contributed by atoms with E-state index in [1.54, 1.807) is 6.07 Å². The number of hydrogen-bond donors (Lipinski definition) is 1. The zero-order valence-electron chi connectivity index (χ0n) is 10.5. The molecule has 1 N–H and O–H groups in total. The zero-order chi connectivity index (χ0) is 13.0. The van der Waals surface area contributed by atoms with Crippen LogP contribution in [0.4, 0.5) is 10.5 Å². The van der Waals surface area contributed by atoms with Gasteiger partial charge in [0, 0.05) is 10.7 Å². The lowest BCUT2D eigenvalue weighted by atomic mass is 9.98. The van der Waals surface area contributed by atoms with Crippen LogP contribution in [0, 0.1) is 6.92 Å². The van der Waals surface area contributed by atoms with Crippen LogP contribution in [0.25, 0.3) is 0 Å². The monoisotopic (exact) mass is 267 g/mol. The molecule has 98 valence electrons. The van der Waals surface area contributed by atoms with Crippen molar-refractivity contribution in [1.82, 2.24) is 0 Å². The van der Waals surface area contributed by atoms with Gasteiger partial charge in [0.15, 0.2) is 0 Å². The fraction of sp³-hybridized carbons (Fsp3) is 0.500. The second-order valence-electron chi connectivity index (χ2n) is 4.75. The first-order valence-electron chi connectivity index (χ1n) is 6.39. The van der Waals surface area contributed by atoms with Crippen LogP contribution in [0.3, 0.4) is 0 Å². The Kier molecular flexibility index (Phi) is 4.48. The van der Waals surface area contributed by atoms with Crippen molar-refractivity contribution in [3.63, 3.8) is 0 Å². The molecule has 1 aliphatic rings. The molecule has 1 aliphatic carbocycles. The van der Waals surface area contributed by atoms with E-state index in [9.17, 15) is 4.79 Å². The summed E-state index contributed by atoms with van der Waals surface area (Å²) >= 11 is 6.00. The minimum Gasteiger partial charge on any atom is -0.446 e. The van der Waals surface area contributed by atoms with Crippen LogP contribution in [-0.4, -0.2) is 12.2 Å². The lowest BCUT2D eigenvalue weighted by Crippen LogP contribution is -2.24. The molecule has 4 heteroatoms. The number of amides is 1. The van der Waals surface area contributed by atoms with Crippen molar-refractivity contribution < 1.29 is 9.53 Å². The van der Waals surface area contributed by atoms with Gasteiger partial charge in [0.1, 0.15) is 6.10 Å². The van der Waals surface area contributed by atoms with Gasteiger partial charge in [0.2, 0.25) is 0 Å². The van der Waals surface area contributed by atoms with Crippen LogP contribution in [0.15, 0.2) is 18.2 Å². The first-order chi connectivity index (χ1) is 8.65. The van der Waals surface area contributed by atoms with Crippen molar-refractivity contribution in [3.8, 4) is 0 Å². The van der Waals surface area contributed by atoms with Crippen LogP contribution in [0.1, 0.15) is 37.7 Å². The molecule has 0 heterocycles. The number of hydrogen-bond acceptors (Lipinski definition) is 2. The maximum Gasteiger partial charge on any atom is 0.411 e. The summed E-state index contributed by atoms with van der Waals surface area (Å²) in [5, 5.41) is 3.36. The molecule has 1 fully saturated rings. The maximum absolute atomic E-state index is 11.7. The minimum absolute atomic E-state index is 0.0691. The fourth-order valence-corrected chi connectivity index (χ4v) is 2.33. The molecule has 0 saturated heterocycles. The summed E-state index contributed by atoms with van der Waals surface area (Å²) in [6, 6.07) is 5.43. The van der Waals surface area contributed by atoms with Gasteiger partial charge in [-0.15, -0.1) is 0 Å². The van der Waals surface area contributed by atoms with Gasteiger partial charge in [0.05, 0.1) is 0 Å². The predicted molar refractivity (Wildman–Crippen MR) is 73.2 cm³/mol. The number of carbonyl (C=O) groups excluding carboxylic acids is 1. The fourth-order valence-electron chi connectivity index (χ4n) is 2.15. The third kappa shape index (κ3) is 3.64. The molecule has 0 bridgehead atoms. The lowest BCUT2D eigenvalue weighted by molar-refractivity contribution is 0.0865. The Morgan fingerprint density at radius 3 is 2.72 bits per heavy atom. The van der Waals surface area contributed by atoms with Crippen LogP contribution >= 0.6 is 11.6 Å². The smallest absolute Gasteiger partial charge is 0.411 e. The highest BCUT2D eigenvalue weighted by Gasteiger charge is 2.17. The van der Waals surface area contributed by atoms with Gasteiger partial charge in [-0.25, -0.2) is 4.79 Å². The molecule has 0 unspecified atom stereocenters. The highest BCUT2D eigenvalue weighted by Crippen LogP contribution is 2.22. The van der Waals surface area contributed by atoms with E-state index < -0.39 is 0 Å². The van der Waals surface area contributed by atoms with Gasteiger partial charge in [-0.2, -0.15) is 0 Å². The average molecular weight is 268 g/mol. The second kappa shape index (κ2) is 6.10. The zero-order valence-corrected chi connectivity index (χ0v) is 11.3. The molecule has 1 saturated carbocycles. The van der Waals surface area contributed by atoms with E-state index in [-0.39, 0.29) is 12.2 Å². The molecule has 3 nitrogen and oxygen atoms in total. The highest BCUT2D eigenvalue weighted by molar-refractivity contribution is 6.31. The number of ether oxygens (including phenoxy) is 1. The molecule has 0 atom stereocenters. The first-order valence-corrected chi connectivity index (χ1v) is 6.77. The van der Waals surface area contributed by atoms with E-state index in [1.165, 1.54) is 6.42 Å². The van der Waals surface area contributed by atoms with Gasteiger partial charge >= 0.3 is 6.09 Å². The molecule has 1 amide bonds. The average Bonchev–Trinajstić information content (AvgIpc) is 2.35. The molecule has 0 spiro atoms. The Balaban J connectivity index is 1.88. The molecule has 0 aromatic heterocycles. The Bertz CT molecular complexity index is 428.